The Balaban J connectivity index is 2.31. The van der Waals surface area contributed by atoms with E-state index in [0.717, 1.165) is 5.92 Å². The molecular weight excluding hydrogens is 182 g/mol. The average Bonchev–Trinajstić information content (AvgIpc) is 2.20. The number of likely N-dealkylation sites (tertiary alicyclic amines) is 1. The summed E-state index contributed by atoms with van der Waals surface area (Å²) in [5.41, 5.74) is 0. The van der Waals surface area contributed by atoms with Gasteiger partial charge in [-0.05, 0) is 44.4 Å². The molecule has 2 atom stereocenters. The standard InChI is InChI=1S/C14H25N/c1-4-5-6-7-8-10-15-11-9-13(2)12-14(15)3/h6-8,10,13-14H,4-5,9,11-12H2,1-3H3/b7-6+,10-8-. The Labute approximate surface area is 94.9 Å². The molecule has 0 spiro atoms. The zero-order valence-electron chi connectivity index (χ0n) is 10.4. The fourth-order valence-corrected chi connectivity index (χ4v) is 2.15. The minimum absolute atomic E-state index is 0.713. The van der Waals surface area contributed by atoms with Crippen molar-refractivity contribution in [1.82, 2.24) is 4.90 Å². The van der Waals surface area contributed by atoms with E-state index >= 15 is 0 Å². The van der Waals surface area contributed by atoms with Gasteiger partial charge in [0.15, 0.2) is 0 Å². The lowest BCUT2D eigenvalue weighted by Gasteiger charge is -2.35. The highest BCUT2D eigenvalue weighted by Gasteiger charge is 2.19. The predicted octanol–water partition coefficient (Wildman–Crippen LogP) is 3.98. The molecule has 1 rings (SSSR count). The van der Waals surface area contributed by atoms with Crippen molar-refractivity contribution < 1.29 is 0 Å². The predicted molar refractivity (Wildman–Crippen MR) is 67.8 cm³/mol. The molecule has 1 aliphatic rings. The molecule has 86 valence electrons. The van der Waals surface area contributed by atoms with E-state index in [9.17, 15) is 0 Å². The lowest BCUT2D eigenvalue weighted by Crippen LogP contribution is -2.36. The number of hydrogen-bond donors (Lipinski definition) is 0. The van der Waals surface area contributed by atoms with Crippen molar-refractivity contribution in [2.24, 2.45) is 5.92 Å². The minimum Gasteiger partial charge on any atom is -0.375 e. The number of unbranched alkanes of at least 4 members (excludes halogenated alkanes) is 1. The number of nitrogens with zero attached hydrogens (tertiary/aromatic N) is 1. The summed E-state index contributed by atoms with van der Waals surface area (Å²) in [7, 11) is 0. The van der Waals surface area contributed by atoms with E-state index < -0.39 is 0 Å². The normalized spacial score (nSPS) is 28.1. The second kappa shape index (κ2) is 6.71. The Morgan fingerprint density at radius 3 is 2.73 bits per heavy atom. The van der Waals surface area contributed by atoms with Gasteiger partial charge in [0.1, 0.15) is 0 Å². The summed E-state index contributed by atoms with van der Waals surface area (Å²) >= 11 is 0. The van der Waals surface area contributed by atoms with E-state index in [1.54, 1.807) is 0 Å². The summed E-state index contributed by atoms with van der Waals surface area (Å²) in [5.74, 6) is 0.903. The second-order valence-corrected chi connectivity index (χ2v) is 4.77. The highest BCUT2D eigenvalue weighted by Crippen LogP contribution is 2.21. The number of hydrogen-bond acceptors (Lipinski definition) is 1. The Bertz CT molecular complexity index is 217. The van der Waals surface area contributed by atoms with Gasteiger partial charge in [0.2, 0.25) is 0 Å². The topological polar surface area (TPSA) is 3.24 Å². The van der Waals surface area contributed by atoms with Gasteiger partial charge in [0.25, 0.3) is 0 Å². The van der Waals surface area contributed by atoms with Crippen LogP contribution in [0.25, 0.3) is 0 Å². The van der Waals surface area contributed by atoms with Crippen molar-refractivity contribution in [3.05, 3.63) is 24.4 Å². The van der Waals surface area contributed by atoms with Crippen molar-refractivity contribution in [1.29, 1.82) is 0 Å². The van der Waals surface area contributed by atoms with Crippen molar-refractivity contribution >= 4 is 0 Å². The number of piperidine rings is 1. The Hall–Kier alpha value is -0.720. The van der Waals surface area contributed by atoms with Crippen LogP contribution in [0.1, 0.15) is 46.5 Å². The first kappa shape index (κ1) is 12.4. The fourth-order valence-electron chi connectivity index (χ4n) is 2.15. The van der Waals surface area contributed by atoms with Gasteiger partial charge < -0.3 is 4.90 Å². The third kappa shape index (κ3) is 4.55. The lowest BCUT2D eigenvalue weighted by atomic mass is 9.94. The van der Waals surface area contributed by atoms with Crippen molar-refractivity contribution in [2.45, 2.75) is 52.5 Å². The number of allylic oxidation sites excluding steroid dienone is 3. The SMILES string of the molecule is CCC/C=C/C=C\N1CCC(C)CC1C. The van der Waals surface area contributed by atoms with Gasteiger partial charge in [-0.15, -0.1) is 0 Å². The van der Waals surface area contributed by atoms with Crippen LogP contribution in [0.4, 0.5) is 0 Å². The van der Waals surface area contributed by atoms with Gasteiger partial charge in [-0.2, -0.15) is 0 Å². The van der Waals surface area contributed by atoms with Crippen LogP contribution >= 0.6 is 0 Å². The van der Waals surface area contributed by atoms with Crippen LogP contribution in [0.3, 0.4) is 0 Å². The molecule has 0 aromatic heterocycles. The van der Waals surface area contributed by atoms with Crippen molar-refractivity contribution in [3.8, 4) is 0 Å². The highest BCUT2D eigenvalue weighted by atomic mass is 15.1. The molecule has 0 bridgehead atoms. The van der Waals surface area contributed by atoms with Gasteiger partial charge in [-0.3, -0.25) is 0 Å². The lowest BCUT2D eigenvalue weighted by molar-refractivity contribution is 0.186. The summed E-state index contributed by atoms with van der Waals surface area (Å²) in [6.07, 6.45) is 14.0. The summed E-state index contributed by atoms with van der Waals surface area (Å²) < 4.78 is 0. The maximum absolute atomic E-state index is 2.47. The second-order valence-electron chi connectivity index (χ2n) is 4.77. The fraction of sp³-hybridized carbons (Fsp3) is 0.714. The summed E-state index contributed by atoms with van der Waals surface area (Å²) in [4.78, 5) is 2.47. The molecule has 1 heterocycles. The van der Waals surface area contributed by atoms with E-state index in [4.69, 9.17) is 0 Å². The molecule has 1 saturated heterocycles. The molecule has 1 heteroatoms. The first-order valence-corrected chi connectivity index (χ1v) is 6.33. The smallest absolute Gasteiger partial charge is 0.0258 e. The molecule has 1 nitrogen and oxygen atoms in total. The maximum atomic E-state index is 2.47. The van der Waals surface area contributed by atoms with Gasteiger partial charge in [0.05, 0.1) is 0 Å². The molecule has 1 fully saturated rings. The molecule has 0 aromatic carbocycles. The van der Waals surface area contributed by atoms with E-state index in [1.165, 1.54) is 32.2 Å². The molecule has 0 aliphatic carbocycles. The van der Waals surface area contributed by atoms with Gasteiger partial charge >= 0.3 is 0 Å². The Kier molecular flexibility index (Phi) is 5.52. The number of rotatable bonds is 4. The summed E-state index contributed by atoms with van der Waals surface area (Å²) in [5, 5.41) is 0. The average molecular weight is 207 g/mol. The van der Waals surface area contributed by atoms with E-state index in [-0.39, 0.29) is 0 Å². The van der Waals surface area contributed by atoms with Gasteiger partial charge in [-0.1, -0.05) is 32.4 Å². The van der Waals surface area contributed by atoms with Gasteiger partial charge in [-0.25, -0.2) is 0 Å². The molecule has 0 radical (unpaired) electrons. The third-order valence-electron chi connectivity index (χ3n) is 3.17. The minimum atomic E-state index is 0.713. The largest absolute Gasteiger partial charge is 0.375 e. The Morgan fingerprint density at radius 2 is 2.07 bits per heavy atom. The molecule has 15 heavy (non-hydrogen) atoms. The van der Waals surface area contributed by atoms with Crippen molar-refractivity contribution in [3.63, 3.8) is 0 Å². The van der Waals surface area contributed by atoms with Crippen LogP contribution in [-0.2, 0) is 0 Å². The maximum Gasteiger partial charge on any atom is 0.0258 e. The molecule has 0 N–H and O–H groups in total. The van der Waals surface area contributed by atoms with Crippen LogP contribution < -0.4 is 0 Å². The van der Waals surface area contributed by atoms with Crippen LogP contribution in [0, 0.1) is 5.92 Å². The summed E-state index contributed by atoms with van der Waals surface area (Å²) in [6.45, 7) is 8.12. The molecule has 2 unspecified atom stereocenters. The summed E-state index contributed by atoms with van der Waals surface area (Å²) in [6, 6.07) is 0.713. The quantitative estimate of drug-likeness (QED) is 0.630. The monoisotopic (exact) mass is 207 g/mol. The molecular formula is C14H25N. The van der Waals surface area contributed by atoms with Gasteiger partial charge in [0, 0.05) is 12.6 Å². The molecule has 1 aliphatic heterocycles. The molecule has 0 aromatic rings. The third-order valence-corrected chi connectivity index (χ3v) is 3.17. The first-order chi connectivity index (χ1) is 7.24. The first-order valence-electron chi connectivity index (χ1n) is 6.33. The van der Waals surface area contributed by atoms with Crippen molar-refractivity contribution in [2.75, 3.05) is 6.54 Å². The van der Waals surface area contributed by atoms with E-state index in [2.05, 4.69) is 50.1 Å². The zero-order valence-corrected chi connectivity index (χ0v) is 10.4. The van der Waals surface area contributed by atoms with Crippen LogP contribution in [0.15, 0.2) is 24.4 Å². The Morgan fingerprint density at radius 1 is 1.27 bits per heavy atom. The van der Waals surface area contributed by atoms with Crippen LogP contribution in [0.5, 0.6) is 0 Å². The van der Waals surface area contributed by atoms with E-state index in [0.29, 0.717) is 6.04 Å². The molecule has 0 saturated carbocycles. The van der Waals surface area contributed by atoms with E-state index in [1.807, 2.05) is 0 Å². The highest BCUT2D eigenvalue weighted by molar-refractivity contribution is 5.03. The van der Waals surface area contributed by atoms with Crippen LogP contribution in [0.2, 0.25) is 0 Å². The molecule has 0 amide bonds. The van der Waals surface area contributed by atoms with Crippen LogP contribution in [-0.4, -0.2) is 17.5 Å². The zero-order chi connectivity index (χ0) is 11.1.